The molecule has 0 heterocycles. The van der Waals surface area contributed by atoms with E-state index in [2.05, 4.69) is 57.3 Å². The molecule has 1 N–H and O–H groups in total. The molecule has 0 unspecified atom stereocenters. The molecule has 5 fully saturated rings. The fraction of sp³-hybridized carbons (Fsp3) is 0.786. The quantitative estimate of drug-likeness (QED) is 0.517. The first-order chi connectivity index (χ1) is 14.2. The van der Waals surface area contributed by atoms with E-state index in [1.54, 1.807) is 5.56 Å². The van der Waals surface area contributed by atoms with E-state index in [4.69, 9.17) is 11.6 Å². The van der Waals surface area contributed by atoms with Gasteiger partial charge in [-0.1, -0.05) is 44.5 Å². The van der Waals surface area contributed by atoms with Crippen molar-refractivity contribution < 1.29 is 0 Å². The predicted octanol–water partition coefficient (Wildman–Crippen LogP) is 7.76. The molecule has 0 amide bonds. The highest BCUT2D eigenvalue weighted by atomic mass is 35.5. The molecule has 5 aliphatic rings. The van der Waals surface area contributed by atoms with Gasteiger partial charge in [0.1, 0.15) is 0 Å². The summed E-state index contributed by atoms with van der Waals surface area (Å²) in [5.74, 6) is 2.77. The SMILES string of the molecule is C[C@H](NC1CCC(C(C)(C)C)CC1)C12C[C@H]3C[C@@H](CC(c4ccc(Cl)cc4)(C3)C1)C2. The summed E-state index contributed by atoms with van der Waals surface area (Å²) >= 11 is 6.23. The molecule has 1 nitrogen and oxygen atoms in total. The van der Waals surface area contributed by atoms with E-state index in [-0.39, 0.29) is 0 Å². The maximum atomic E-state index is 6.23. The molecule has 3 atom stereocenters. The van der Waals surface area contributed by atoms with Crippen molar-refractivity contribution in [2.24, 2.45) is 28.6 Å². The van der Waals surface area contributed by atoms with Crippen molar-refractivity contribution in [2.45, 2.75) is 109 Å². The van der Waals surface area contributed by atoms with Gasteiger partial charge in [-0.25, -0.2) is 0 Å². The molecule has 6 rings (SSSR count). The molecule has 4 bridgehead atoms. The van der Waals surface area contributed by atoms with Crippen molar-refractivity contribution >= 4 is 11.6 Å². The van der Waals surface area contributed by atoms with Crippen LogP contribution < -0.4 is 5.32 Å². The number of hydrogen-bond donors (Lipinski definition) is 1. The summed E-state index contributed by atoms with van der Waals surface area (Å²) in [6.45, 7) is 9.83. The normalized spacial score (nSPS) is 41.8. The van der Waals surface area contributed by atoms with Gasteiger partial charge in [0.05, 0.1) is 0 Å². The Morgan fingerprint density at radius 3 is 2.10 bits per heavy atom. The fourth-order valence-electron chi connectivity index (χ4n) is 8.64. The van der Waals surface area contributed by atoms with Gasteiger partial charge in [-0.15, -0.1) is 0 Å². The van der Waals surface area contributed by atoms with Crippen LogP contribution in [-0.4, -0.2) is 12.1 Å². The van der Waals surface area contributed by atoms with Crippen LogP contribution in [0.25, 0.3) is 0 Å². The van der Waals surface area contributed by atoms with Gasteiger partial charge in [0.15, 0.2) is 0 Å². The van der Waals surface area contributed by atoms with E-state index in [1.807, 2.05) is 0 Å². The van der Waals surface area contributed by atoms with E-state index in [0.717, 1.165) is 28.8 Å². The maximum absolute atomic E-state index is 6.23. The van der Waals surface area contributed by atoms with Crippen LogP contribution in [0.5, 0.6) is 0 Å². The fourth-order valence-corrected chi connectivity index (χ4v) is 8.76. The van der Waals surface area contributed by atoms with Crippen LogP contribution in [0.15, 0.2) is 24.3 Å². The summed E-state index contributed by atoms with van der Waals surface area (Å²) in [4.78, 5) is 0. The van der Waals surface area contributed by atoms with Crippen molar-refractivity contribution in [3.8, 4) is 0 Å². The van der Waals surface area contributed by atoms with Crippen molar-refractivity contribution in [1.82, 2.24) is 5.32 Å². The van der Waals surface area contributed by atoms with Gasteiger partial charge in [0, 0.05) is 17.1 Å². The maximum Gasteiger partial charge on any atom is 0.0406 e. The predicted molar refractivity (Wildman–Crippen MR) is 128 cm³/mol. The first-order valence-corrected chi connectivity index (χ1v) is 13.1. The van der Waals surface area contributed by atoms with Gasteiger partial charge >= 0.3 is 0 Å². The van der Waals surface area contributed by atoms with Crippen LogP contribution in [0.4, 0.5) is 0 Å². The highest BCUT2D eigenvalue weighted by molar-refractivity contribution is 6.30. The molecule has 0 saturated heterocycles. The van der Waals surface area contributed by atoms with Crippen molar-refractivity contribution in [2.75, 3.05) is 0 Å². The van der Waals surface area contributed by atoms with E-state index in [0.29, 0.717) is 22.3 Å². The lowest BCUT2D eigenvalue weighted by Crippen LogP contribution is -2.61. The molecular formula is C28H42ClN. The van der Waals surface area contributed by atoms with Gasteiger partial charge in [-0.3, -0.25) is 0 Å². The molecule has 0 aliphatic heterocycles. The summed E-state index contributed by atoms with van der Waals surface area (Å²) in [6.07, 6.45) is 14.2. The topological polar surface area (TPSA) is 12.0 Å². The third-order valence-electron chi connectivity index (χ3n) is 9.92. The largest absolute Gasteiger partial charge is 0.311 e. The minimum atomic E-state index is 0.411. The van der Waals surface area contributed by atoms with E-state index in [1.165, 1.54) is 64.2 Å². The first kappa shape index (κ1) is 21.3. The third-order valence-corrected chi connectivity index (χ3v) is 10.2. The lowest BCUT2D eigenvalue weighted by Gasteiger charge is -2.64. The number of benzene rings is 1. The number of halogens is 1. The molecule has 5 aliphatic carbocycles. The molecule has 30 heavy (non-hydrogen) atoms. The minimum absolute atomic E-state index is 0.411. The minimum Gasteiger partial charge on any atom is -0.311 e. The molecule has 0 radical (unpaired) electrons. The molecule has 5 saturated carbocycles. The first-order valence-electron chi connectivity index (χ1n) is 12.7. The zero-order chi connectivity index (χ0) is 21.1. The lowest BCUT2D eigenvalue weighted by molar-refractivity contribution is -0.0904. The molecule has 166 valence electrons. The zero-order valence-electron chi connectivity index (χ0n) is 19.6. The molecule has 0 spiro atoms. The van der Waals surface area contributed by atoms with E-state index in [9.17, 15) is 0 Å². The summed E-state index contributed by atoms with van der Waals surface area (Å²) in [6, 6.07) is 10.3. The monoisotopic (exact) mass is 427 g/mol. The van der Waals surface area contributed by atoms with Crippen LogP contribution in [0.1, 0.15) is 97.5 Å². The van der Waals surface area contributed by atoms with Gasteiger partial charge in [0.25, 0.3) is 0 Å². The van der Waals surface area contributed by atoms with Gasteiger partial charge < -0.3 is 5.32 Å². The lowest BCUT2D eigenvalue weighted by atomic mass is 9.41. The Balaban J connectivity index is 1.31. The molecular weight excluding hydrogens is 386 g/mol. The second-order valence-electron chi connectivity index (χ2n) is 12.9. The smallest absolute Gasteiger partial charge is 0.0406 e. The summed E-state index contributed by atoms with van der Waals surface area (Å²) in [5, 5.41) is 5.08. The molecule has 1 aromatic rings. The molecule has 1 aromatic carbocycles. The summed E-state index contributed by atoms with van der Waals surface area (Å²) in [7, 11) is 0. The Morgan fingerprint density at radius 1 is 0.933 bits per heavy atom. The van der Waals surface area contributed by atoms with Crippen LogP contribution in [-0.2, 0) is 5.41 Å². The van der Waals surface area contributed by atoms with Crippen LogP contribution in [0.2, 0.25) is 5.02 Å². The van der Waals surface area contributed by atoms with Crippen LogP contribution in [0.3, 0.4) is 0 Å². The van der Waals surface area contributed by atoms with Crippen LogP contribution in [0, 0.1) is 28.6 Å². The standard InChI is InChI=1S/C28H42ClN/c1-19(30-25-11-7-22(8-12-25)26(2,3)4)27-14-20-13-21(15-27)17-28(16-20,18-27)23-5-9-24(29)10-6-23/h5-6,9-10,19-22,25,30H,7-8,11-18H2,1-4H3/t19-,20+,21+,22?,25?,27?,28?/m0/s1. The van der Waals surface area contributed by atoms with Gasteiger partial charge in [0.2, 0.25) is 0 Å². The molecule has 2 heteroatoms. The second kappa shape index (κ2) is 7.51. The number of nitrogens with one attached hydrogen (secondary N) is 1. The average molecular weight is 428 g/mol. The highest BCUT2D eigenvalue weighted by Crippen LogP contribution is 2.66. The zero-order valence-corrected chi connectivity index (χ0v) is 20.4. The number of rotatable bonds is 4. The average Bonchev–Trinajstić information content (AvgIpc) is 2.67. The van der Waals surface area contributed by atoms with Crippen LogP contribution >= 0.6 is 11.6 Å². The Labute approximate surface area is 189 Å². The van der Waals surface area contributed by atoms with Crippen molar-refractivity contribution in [1.29, 1.82) is 0 Å². The van der Waals surface area contributed by atoms with Gasteiger partial charge in [-0.2, -0.15) is 0 Å². The Kier molecular flexibility index (Phi) is 5.34. The summed E-state index contributed by atoms with van der Waals surface area (Å²) < 4.78 is 0. The Bertz CT molecular complexity index is 738. The van der Waals surface area contributed by atoms with Gasteiger partial charge in [-0.05, 0) is 123 Å². The Hall–Kier alpha value is -0.530. The van der Waals surface area contributed by atoms with E-state index >= 15 is 0 Å². The van der Waals surface area contributed by atoms with Crippen molar-refractivity contribution in [3.05, 3.63) is 34.9 Å². The highest BCUT2D eigenvalue weighted by Gasteiger charge is 2.59. The molecule has 0 aromatic heterocycles. The second-order valence-corrected chi connectivity index (χ2v) is 13.3. The number of hydrogen-bond acceptors (Lipinski definition) is 1. The Morgan fingerprint density at radius 2 is 1.53 bits per heavy atom. The summed E-state index contributed by atoms with van der Waals surface area (Å²) in [5.41, 5.74) is 2.96. The van der Waals surface area contributed by atoms with Crippen molar-refractivity contribution in [3.63, 3.8) is 0 Å². The van der Waals surface area contributed by atoms with E-state index < -0.39 is 0 Å². The third kappa shape index (κ3) is 3.77.